The Hall–Kier alpha value is -2.80. The average molecular weight is 496 g/mol. The van der Waals surface area contributed by atoms with Gasteiger partial charge in [0.25, 0.3) is 11.6 Å². The van der Waals surface area contributed by atoms with Gasteiger partial charge in [0.1, 0.15) is 5.82 Å². The molecule has 0 radical (unpaired) electrons. The van der Waals surface area contributed by atoms with Gasteiger partial charge in [-0.2, -0.15) is 41.6 Å². The van der Waals surface area contributed by atoms with Gasteiger partial charge < -0.3 is 10.4 Å². The molecule has 2 aliphatic rings. The smallest absolute Gasteiger partial charge is 0.363 e. The maximum Gasteiger partial charge on any atom is 0.438 e. The lowest BCUT2D eigenvalue weighted by atomic mass is 9.97. The molecule has 7 nitrogen and oxygen atoms in total. The number of hydrazone groups is 1. The number of rotatable bonds is 2. The SMILES string of the molecule is CC1=NN(C(=O)c2cc3n(n2)[C@@H](C(F)(F)F)C[C@H](c2ccc(Cl)cc2)N3)[C@](O)(C(F)(F)F)C1. The molecule has 3 heterocycles. The van der Waals surface area contributed by atoms with Crippen molar-refractivity contribution in [1.82, 2.24) is 14.8 Å². The summed E-state index contributed by atoms with van der Waals surface area (Å²) in [5.74, 6) is -1.71. The summed E-state index contributed by atoms with van der Waals surface area (Å²) in [5, 5.41) is 20.2. The number of aromatic nitrogens is 2. The van der Waals surface area contributed by atoms with Gasteiger partial charge in [-0.1, -0.05) is 23.7 Å². The summed E-state index contributed by atoms with van der Waals surface area (Å²) >= 11 is 5.83. The van der Waals surface area contributed by atoms with Gasteiger partial charge in [0.05, 0.1) is 6.04 Å². The average Bonchev–Trinajstić information content (AvgIpc) is 3.27. The summed E-state index contributed by atoms with van der Waals surface area (Å²) in [4.78, 5) is 12.8. The molecule has 1 amide bonds. The molecule has 1 aromatic heterocycles. The van der Waals surface area contributed by atoms with Crippen LogP contribution in [0.1, 0.15) is 47.9 Å². The summed E-state index contributed by atoms with van der Waals surface area (Å²) in [6, 6.07) is 4.01. The highest BCUT2D eigenvalue weighted by Gasteiger charge is 2.63. The maximum atomic E-state index is 13.8. The van der Waals surface area contributed by atoms with Crippen LogP contribution in [0.5, 0.6) is 0 Å². The largest absolute Gasteiger partial charge is 0.438 e. The lowest BCUT2D eigenvalue weighted by Gasteiger charge is -2.33. The summed E-state index contributed by atoms with van der Waals surface area (Å²) in [6.07, 6.45) is -11.5. The van der Waals surface area contributed by atoms with E-state index in [1.165, 1.54) is 31.2 Å². The first-order valence-electron chi connectivity index (χ1n) is 9.57. The van der Waals surface area contributed by atoms with E-state index >= 15 is 0 Å². The van der Waals surface area contributed by atoms with Crippen LogP contribution in [0.4, 0.5) is 32.2 Å². The van der Waals surface area contributed by atoms with Crippen LogP contribution in [0.25, 0.3) is 0 Å². The van der Waals surface area contributed by atoms with Crippen molar-refractivity contribution in [3.05, 3.63) is 46.6 Å². The van der Waals surface area contributed by atoms with Crippen LogP contribution in [-0.2, 0) is 0 Å². The van der Waals surface area contributed by atoms with Gasteiger partial charge >= 0.3 is 12.4 Å². The summed E-state index contributed by atoms with van der Waals surface area (Å²) in [7, 11) is 0. The van der Waals surface area contributed by atoms with Crippen molar-refractivity contribution in [2.75, 3.05) is 5.32 Å². The number of fused-ring (bicyclic) bond motifs is 1. The van der Waals surface area contributed by atoms with E-state index in [4.69, 9.17) is 11.6 Å². The minimum Gasteiger partial charge on any atom is -0.363 e. The van der Waals surface area contributed by atoms with E-state index in [-0.39, 0.29) is 16.5 Å². The van der Waals surface area contributed by atoms with Crippen molar-refractivity contribution in [2.24, 2.45) is 5.10 Å². The summed E-state index contributed by atoms with van der Waals surface area (Å²) < 4.78 is 82.2. The highest BCUT2D eigenvalue weighted by atomic mass is 35.5. The number of halogens is 7. The Kier molecular flexibility index (Phi) is 5.39. The maximum absolute atomic E-state index is 13.8. The molecule has 0 saturated heterocycles. The van der Waals surface area contributed by atoms with Crippen molar-refractivity contribution >= 4 is 29.0 Å². The number of nitrogens with one attached hydrogen (secondary N) is 1. The number of carbonyl (C=O) groups excluding carboxylic acids is 1. The van der Waals surface area contributed by atoms with Gasteiger partial charge in [-0.25, -0.2) is 4.68 Å². The van der Waals surface area contributed by atoms with E-state index in [9.17, 15) is 36.2 Å². The quantitative estimate of drug-likeness (QED) is 0.593. The zero-order chi connectivity index (χ0) is 24.3. The third-order valence-corrected chi connectivity index (χ3v) is 5.70. The Morgan fingerprint density at radius 3 is 2.42 bits per heavy atom. The molecule has 0 unspecified atom stereocenters. The molecule has 0 aliphatic carbocycles. The second-order valence-electron chi connectivity index (χ2n) is 7.84. The molecule has 14 heteroatoms. The van der Waals surface area contributed by atoms with Gasteiger partial charge in [0.2, 0.25) is 0 Å². The highest BCUT2D eigenvalue weighted by Crippen LogP contribution is 2.45. The van der Waals surface area contributed by atoms with E-state index in [2.05, 4.69) is 15.5 Å². The molecule has 4 rings (SSSR count). The molecule has 2 aliphatic heterocycles. The second kappa shape index (κ2) is 7.62. The van der Waals surface area contributed by atoms with Crippen molar-refractivity contribution in [2.45, 2.75) is 49.9 Å². The summed E-state index contributed by atoms with van der Waals surface area (Å²) in [6.45, 7) is 1.18. The molecule has 0 saturated carbocycles. The van der Waals surface area contributed by atoms with Crippen LogP contribution in [0.2, 0.25) is 5.02 Å². The van der Waals surface area contributed by atoms with Gasteiger partial charge in [0.15, 0.2) is 11.7 Å². The fourth-order valence-corrected chi connectivity index (χ4v) is 3.98. The van der Waals surface area contributed by atoms with Crippen LogP contribution in [0.3, 0.4) is 0 Å². The number of alkyl halides is 6. The van der Waals surface area contributed by atoms with E-state index < -0.39 is 54.6 Å². The molecule has 2 N–H and O–H groups in total. The number of benzene rings is 1. The topological polar surface area (TPSA) is 82.8 Å². The first-order chi connectivity index (χ1) is 15.2. The van der Waals surface area contributed by atoms with Crippen LogP contribution in [-0.4, -0.2) is 49.6 Å². The third-order valence-electron chi connectivity index (χ3n) is 5.45. The van der Waals surface area contributed by atoms with E-state index in [0.717, 1.165) is 6.07 Å². The molecule has 1 aromatic carbocycles. The zero-order valence-corrected chi connectivity index (χ0v) is 17.5. The number of hydrogen-bond acceptors (Lipinski definition) is 5. The molecular weight excluding hydrogens is 480 g/mol. The first-order valence-corrected chi connectivity index (χ1v) is 9.94. The van der Waals surface area contributed by atoms with Crippen molar-refractivity contribution in [3.63, 3.8) is 0 Å². The molecule has 178 valence electrons. The van der Waals surface area contributed by atoms with Crippen LogP contribution >= 0.6 is 11.6 Å². The van der Waals surface area contributed by atoms with Gasteiger partial charge in [-0.15, -0.1) is 0 Å². The predicted molar refractivity (Wildman–Crippen MR) is 105 cm³/mol. The monoisotopic (exact) mass is 495 g/mol. The minimum atomic E-state index is -5.25. The van der Waals surface area contributed by atoms with Crippen molar-refractivity contribution in [3.8, 4) is 0 Å². The fourth-order valence-electron chi connectivity index (χ4n) is 3.85. The Balaban J connectivity index is 1.72. The number of hydrogen-bond donors (Lipinski definition) is 2. The molecule has 2 aromatic rings. The van der Waals surface area contributed by atoms with Crippen LogP contribution < -0.4 is 5.32 Å². The Labute approximate surface area is 187 Å². The predicted octanol–water partition coefficient (Wildman–Crippen LogP) is 4.67. The number of anilines is 1. The first kappa shape index (κ1) is 23.4. The van der Waals surface area contributed by atoms with Gasteiger partial charge in [-0.05, 0) is 24.6 Å². The third kappa shape index (κ3) is 4.03. The molecule has 33 heavy (non-hydrogen) atoms. The van der Waals surface area contributed by atoms with Crippen molar-refractivity contribution in [1.29, 1.82) is 0 Å². The Morgan fingerprint density at radius 1 is 1.21 bits per heavy atom. The van der Waals surface area contributed by atoms with Crippen molar-refractivity contribution < 1.29 is 36.2 Å². The molecule has 3 atom stereocenters. The normalized spacial score (nSPS) is 25.5. The van der Waals surface area contributed by atoms with Crippen LogP contribution in [0.15, 0.2) is 35.4 Å². The lowest BCUT2D eigenvalue weighted by Crippen LogP contribution is -2.56. The minimum absolute atomic E-state index is 0.179. The fraction of sp³-hybridized carbons (Fsp3) is 0.421. The van der Waals surface area contributed by atoms with Gasteiger partial charge in [0, 0.05) is 29.6 Å². The van der Waals surface area contributed by atoms with Crippen LogP contribution in [0, 0.1) is 0 Å². The number of amides is 1. The highest BCUT2D eigenvalue weighted by molar-refractivity contribution is 6.30. The number of aliphatic hydroxyl groups is 1. The molecule has 0 spiro atoms. The van der Waals surface area contributed by atoms with E-state index in [1.807, 2.05) is 0 Å². The Morgan fingerprint density at radius 2 is 1.85 bits per heavy atom. The zero-order valence-electron chi connectivity index (χ0n) is 16.7. The standard InChI is InChI=1S/C19H16ClF6N5O2/c1-9-8-17(33,19(24,25)26)31(28-9)16(32)13-7-15-27-12(10-2-4-11(20)5-3-10)6-14(18(21,22)23)30(15)29-13/h2-5,7,12,14,27,33H,6,8H2,1H3/t12-,14-,17-/m1/s1. The number of nitrogens with zero attached hydrogens (tertiary/aromatic N) is 4. The molecular formula is C19H16ClF6N5O2. The van der Waals surface area contributed by atoms with E-state index in [1.54, 1.807) is 0 Å². The van der Waals surface area contributed by atoms with E-state index in [0.29, 0.717) is 15.3 Å². The Bertz CT molecular complexity index is 1110. The molecule has 0 bridgehead atoms. The van der Waals surface area contributed by atoms with Gasteiger partial charge in [-0.3, -0.25) is 4.79 Å². The lowest BCUT2D eigenvalue weighted by molar-refractivity contribution is -0.297. The summed E-state index contributed by atoms with van der Waals surface area (Å²) in [5.41, 5.74) is -4.05. The number of carbonyl (C=O) groups is 1. The molecule has 0 fully saturated rings. The second-order valence-corrected chi connectivity index (χ2v) is 8.28.